The molecule has 144 valence electrons. The molecule has 0 spiro atoms. The Hall–Kier alpha value is -2.16. The van der Waals surface area contributed by atoms with Crippen LogP contribution in [0.4, 0.5) is 0 Å². The monoisotopic (exact) mass is 385 g/mol. The third-order valence-electron chi connectivity index (χ3n) is 4.44. The molecule has 8 nitrogen and oxygen atoms in total. The summed E-state index contributed by atoms with van der Waals surface area (Å²) in [4.78, 5) is 37.8. The molecule has 1 aromatic heterocycles. The summed E-state index contributed by atoms with van der Waals surface area (Å²) in [6.45, 7) is 6.56. The summed E-state index contributed by atoms with van der Waals surface area (Å²) in [6.07, 6.45) is -0.707. The van der Waals surface area contributed by atoms with E-state index in [1.165, 1.54) is 24.8 Å². The molecule has 1 saturated heterocycles. The van der Waals surface area contributed by atoms with E-state index in [4.69, 9.17) is 9.15 Å². The first-order valence-electron chi connectivity index (χ1n) is 8.39. The van der Waals surface area contributed by atoms with Gasteiger partial charge >= 0.3 is 11.6 Å². The van der Waals surface area contributed by atoms with Gasteiger partial charge in [0.25, 0.3) is 5.91 Å². The molecule has 1 aliphatic rings. The van der Waals surface area contributed by atoms with Crippen molar-refractivity contribution in [1.29, 1.82) is 0 Å². The first kappa shape index (κ1) is 20.2. The second kappa shape index (κ2) is 7.61. The van der Waals surface area contributed by atoms with Crippen LogP contribution in [0.5, 0.6) is 0 Å². The molecule has 1 fully saturated rings. The highest BCUT2D eigenvalue weighted by Crippen LogP contribution is 2.20. The molecule has 0 bridgehead atoms. The summed E-state index contributed by atoms with van der Waals surface area (Å²) in [7, 11) is -3.13. The van der Waals surface area contributed by atoms with Gasteiger partial charge in [0.05, 0.1) is 11.5 Å². The summed E-state index contributed by atoms with van der Waals surface area (Å²) in [5.74, 6) is -1.11. The quantitative estimate of drug-likeness (QED) is 0.691. The number of rotatable bonds is 5. The van der Waals surface area contributed by atoms with Gasteiger partial charge in [-0.1, -0.05) is 0 Å². The molecule has 0 aromatic carbocycles. The second-order valence-corrected chi connectivity index (χ2v) is 8.64. The lowest BCUT2D eigenvalue weighted by atomic mass is 10.1. The van der Waals surface area contributed by atoms with Crippen LogP contribution in [0.15, 0.2) is 15.3 Å². The fourth-order valence-electron chi connectivity index (χ4n) is 3.18. The predicted molar refractivity (Wildman–Crippen MR) is 93.8 cm³/mol. The van der Waals surface area contributed by atoms with Crippen molar-refractivity contribution >= 4 is 21.7 Å². The molecule has 1 amide bonds. The number of hydrogen-bond acceptors (Lipinski definition) is 7. The average Bonchev–Trinajstić information content (AvgIpc) is 2.86. The predicted octanol–water partition coefficient (Wildman–Crippen LogP) is 0.838. The lowest BCUT2D eigenvalue weighted by molar-refractivity contribution is -0.141. The minimum Gasteiger partial charge on any atom is -0.449 e. The Kier molecular flexibility index (Phi) is 5.90. The number of carbonyl (C=O) groups is 2. The largest absolute Gasteiger partial charge is 0.449 e. The SMILES string of the molecule is CCN(C(=O)[C@@H](C)OC(=O)c1c(C)cc(=O)oc1C)[C@H]1CCS(=O)(=O)C1. The van der Waals surface area contributed by atoms with Crippen LogP contribution < -0.4 is 5.63 Å². The van der Waals surface area contributed by atoms with Crippen molar-refractivity contribution in [2.75, 3.05) is 18.1 Å². The molecule has 0 N–H and O–H groups in total. The zero-order valence-electron chi connectivity index (χ0n) is 15.3. The third-order valence-corrected chi connectivity index (χ3v) is 6.19. The zero-order valence-corrected chi connectivity index (χ0v) is 16.1. The number of sulfone groups is 1. The van der Waals surface area contributed by atoms with Gasteiger partial charge in [0, 0.05) is 18.7 Å². The Labute approximate surface area is 152 Å². The molecule has 1 aromatic rings. The standard InChI is InChI=1S/C17H23NO7S/c1-5-18(13-6-7-26(22,23)9-13)16(20)12(4)25-17(21)15-10(2)8-14(19)24-11(15)3/h8,12-13H,5-7,9H2,1-4H3/t12-,13+/m1/s1. The Bertz CT molecular complexity index is 845. The third kappa shape index (κ3) is 4.32. The van der Waals surface area contributed by atoms with E-state index in [1.54, 1.807) is 13.8 Å². The Balaban J connectivity index is 2.13. The molecule has 2 rings (SSSR count). The van der Waals surface area contributed by atoms with E-state index in [0.717, 1.165) is 0 Å². The molecular weight excluding hydrogens is 362 g/mol. The minimum atomic E-state index is -3.13. The van der Waals surface area contributed by atoms with Crippen LogP contribution in [-0.2, 0) is 19.4 Å². The first-order valence-corrected chi connectivity index (χ1v) is 10.2. The molecule has 0 radical (unpaired) electrons. The molecule has 2 atom stereocenters. The maximum Gasteiger partial charge on any atom is 0.342 e. The molecule has 26 heavy (non-hydrogen) atoms. The van der Waals surface area contributed by atoms with Gasteiger partial charge in [-0.05, 0) is 39.7 Å². The number of ether oxygens (including phenoxy) is 1. The topological polar surface area (TPSA) is 111 Å². The lowest BCUT2D eigenvalue weighted by Crippen LogP contribution is -2.46. The van der Waals surface area contributed by atoms with Crippen LogP contribution in [-0.4, -0.2) is 55.4 Å². The number of nitrogens with zero attached hydrogens (tertiary/aromatic N) is 1. The highest BCUT2D eigenvalue weighted by Gasteiger charge is 2.36. The van der Waals surface area contributed by atoms with Crippen LogP contribution in [0, 0.1) is 13.8 Å². The van der Waals surface area contributed by atoms with Crippen molar-refractivity contribution in [2.45, 2.75) is 46.3 Å². The van der Waals surface area contributed by atoms with Crippen LogP contribution in [0.2, 0.25) is 0 Å². The van der Waals surface area contributed by atoms with E-state index in [1.807, 2.05) is 0 Å². The van der Waals surface area contributed by atoms with Gasteiger partial charge in [0.2, 0.25) is 0 Å². The number of amides is 1. The fourth-order valence-corrected chi connectivity index (χ4v) is 4.91. The van der Waals surface area contributed by atoms with Gasteiger partial charge in [-0.3, -0.25) is 4.79 Å². The maximum atomic E-state index is 12.6. The van der Waals surface area contributed by atoms with Crippen molar-refractivity contribution in [2.24, 2.45) is 0 Å². The van der Waals surface area contributed by atoms with Crippen molar-refractivity contribution < 1.29 is 27.2 Å². The average molecular weight is 385 g/mol. The summed E-state index contributed by atoms with van der Waals surface area (Å²) in [5.41, 5.74) is -0.0614. The smallest absolute Gasteiger partial charge is 0.342 e. The fraction of sp³-hybridized carbons (Fsp3) is 0.588. The summed E-state index contributed by atoms with van der Waals surface area (Å²) >= 11 is 0. The molecule has 0 aliphatic carbocycles. The number of likely N-dealkylation sites (N-methyl/N-ethyl adjacent to an activating group) is 1. The van der Waals surface area contributed by atoms with Gasteiger partial charge in [0.15, 0.2) is 15.9 Å². The van der Waals surface area contributed by atoms with Crippen molar-refractivity contribution in [3.8, 4) is 0 Å². The van der Waals surface area contributed by atoms with E-state index in [2.05, 4.69) is 0 Å². The summed E-state index contributed by atoms with van der Waals surface area (Å²) in [6, 6.07) is 0.773. The van der Waals surface area contributed by atoms with Gasteiger partial charge in [-0.25, -0.2) is 18.0 Å². The number of carbonyl (C=O) groups excluding carboxylic acids is 2. The van der Waals surface area contributed by atoms with Crippen molar-refractivity contribution in [3.63, 3.8) is 0 Å². The van der Waals surface area contributed by atoms with Crippen LogP contribution in [0.25, 0.3) is 0 Å². The number of esters is 1. The lowest BCUT2D eigenvalue weighted by Gasteiger charge is -2.29. The number of hydrogen-bond donors (Lipinski definition) is 0. The first-order chi connectivity index (χ1) is 12.1. The summed E-state index contributed by atoms with van der Waals surface area (Å²) in [5, 5.41) is 0. The summed E-state index contributed by atoms with van der Waals surface area (Å²) < 4.78 is 33.5. The molecular formula is C17H23NO7S. The van der Waals surface area contributed by atoms with Gasteiger partial charge in [-0.2, -0.15) is 0 Å². The Morgan fingerprint density at radius 2 is 2.04 bits per heavy atom. The zero-order chi connectivity index (χ0) is 19.6. The normalized spacial score (nSPS) is 19.8. The van der Waals surface area contributed by atoms with Gasteiger partial charge < -0.3 is 14.1 Å². The molecule has 0 unspecified atom stereocenters. The van der Waals surface area contributed by atoms with E-state index in [9.17, 15) is 22.8 Å². The van der Waals surface area contributed by atoms with E-state index in [0.29, 0.717) is 18.5 Å². The van der Waals surface area contributed by atoms with Gasteiger partial charge in [0.1, 0.15) is 11.3 Å². The van der Waals surface area contributed by atoms with E-state index >= 15 is 0 Å². The highest BCUT2D eigenvalue weighted by atomic mass is 32.2. The van der Waals surface area contributed by atoms with Crippen molar-refractivity contribution in [1.82, 2.24) is 4.90 Å². The van der Waals surface area contributed by atoms with Crippen LogP contribution in [0.3, 0.4) is 0 Å². The van der Waals surface area contributed by atoms with Gasteiger partial charge in [-0.15, -0.1) is 0 Å². The minimum absolute atomic E-state index is 0.0526. The Morgan fingerprint density at radius 3 is 2.54 bits per heavy atom. The maximum absolute atomic E-state index is 12.6. The van der Waals surface area contributed by atoms with E-state index < -0.39 is 39.5 Å². The molecule has 0 saturated carbocycles. The molecule has 9 heteroatoms. The van der Waals surface area contributed by atoms with E-state index in [-0.39, 0.29) is 22.8 Å². The molecule has 1 aliphatic heterocycles. The highest BCUT2D eigenvalue weighted by molar-refractivity contribution is 7.91. The van der Waals surface area contributed by atoms with Crippen LogP contribution >= 0.6 is 0 Å². The Morgan fingerprint density at radius 1 is 1.38 bits per heavy atom. The van der Waals surface area contributed by atoms with Crippen LogP contribution in [0.1, 0.15) is 41.9 Å². The second-order valence-electron chi connectivity index (χ2n) is 6.41. The van der Waals surface area contributed by atoms with Crippen molar-refractivity contribution in [3.05, 3.63) is 33.4 Å². The number of aryl methyl sites for hydroxylation is 2. The molecule has 2 heterocycles.